The van der Waals surface area contributed by atoms with E-state index in [1.807, 2.05) is 6.07 Å². The first kappa shape index (κ1) is 15.4. The molecule has 1 aromatic rings. The van der Waals surface area contributed by atoms with Gasteiger partial charge in [-0.1, -0.05) is 29.3 Å². The Labute approximate surface area is 138 Å². The first-order chi connectivity index (χ1) is 10.6. The standard InChI is InChI=1S/C15H16Cl2N2O3/c16-9-4-3-8-10(2-1-7-22-14(8)13(9)17)19-15(21)11-5-6-12(20)18-11/h3-4,10-11H,1-2,5-7H2,(H,18,20)(H,19,21)/t10?,11-/m1/s1. The number of halogens is 2. The Balaban J connectivity index is 1.81. The van der Waals surface area contributed by atoms with Gasteiger partial charge in [0.1, 0.15) is 16.8 Å². The van der Waals surface area contributed by atoms with Gasteiger partial charge in [0.2, 0.25) is 11.8 Å². The normalized spacial score (nSPS) is 24.0. The molecule has 1 saturated heterocycles. The van der Waals surface area contributed by atoms with Gasteiger partial charge in [0.25, 0.3) is 0 Å². The van der Waals surface area contributed by atoms with Crippen molar-refractivity contribution in [3.05, 3.63) is 27.7 Å². The number of hydrogen-bond acceptors (Lipinski definition) is 3. The summed E-state index contributed by atoms with van der Waals surface area (Å²) in [5.41, 5.74) is 0.824. The van der Waals surface area contributed by atoms with E-state index in [0.29, 0.717) is 35.2 Å². The number of carbonyl (C=O) groups is 2. The molecule has 7 heteroatoms. The van der Waals surface area contributed by atoms with E-state index in [-0.39, 0.29) is 17.9 Å². The molecule has 0 saturated carbocycles. The van der Waals surface area contributed by atoms with Crippen LogP contribution in [-0.2, 0) is 9.59 Å². The summed E-state index contributed by atoms with van der Waals surface area (Å²) in [6.45, 7) is 0.527. The number of fused-ring (bicyclic) bond motifs is 1. The maximum atomic E-state index is 12.3. The van der Waals surface area contributed by atoms with Gasteiger partial charge in [-0.2, -0.15) is 0 Å². The number of carbonyl (C=O) groups excluding carboxylic acids is 2. The zero-order valence-electron chi connectivity index (χ0n) is 11.8. The van der Waals surface area contributed by atoms with Crippen molar-refractivity contribution in [1.29, 1.82) is 0 Å². The van der Waals surface area contributed by atoms with Crippen molar-refractivity contribution < 1.29 is 14.3 Å². The average Bonchev–Trinajstić information content (AvgIpc) is 2.83. The molecule has 1 aromatic carbocycles. The molecular formula is C15H16Cl2N2O3. The Morgan fingerprint density at radius 1 is 1.32 bits per heavy atom. The zero-order chi connectivity index (χ0) is 15.7. The van der Waals surface area contributed by atoms with E-state index in [0.717, 1.165) is 18.4 Å². The van der Waals surface area contributed by atoms with Crippen LogP contribution in [0.15, 0.2) is 12.1 Å². The summed E-state index contributed by atoms with van der Waals surface area (Å²) in [6.07, 6.45) is 2.47. The second-order valence-electron chi connectivity index (χ2n) is 5.49. The van der Waals surface area contributed by atoms with Gasteiger partial charge in [-0.25, -0.2) is 0 Å². The molecule has 5 nitrogen and oxygen atoms in total. The van der Waals surface area contributed by atoms with E-state index < -0.39 is 6.04 Å². The van der Waals surface area contributed by atoms with Crippen molar-refractivity contribution in [2.75, 3.05) is 6.61 Å². The van der Waals surface area contributed by atoms with Gasteiger partial charge in [0.15, 0.2) is 0 Å². The zero-order valence-corrected chi connectivity index (χ0v) is 13.3. The van der Waals surface area contributed by atoms with Gasteiger partial charge in [-0.05, 0) is 25.3 Å². The number of rotatable bonds is 2. The summed E-state index contributed by atoms with van der Waals surface area (Å²) in [5, 5.41) is 6.46. The lowest BCUT2D eigenvalue weighted by Gasteiger charge is -2.21. The second-order valence-corrected chi connectivity index (χ2v) is 6.28. The van der Waals surface area contributed by atoms with Crippen molar-refractivity contribution in [1.82, 2.24) is 10.6 Å². The lowest BCUT2D eigenvalue weighted by Crippen LogP contribution is -2.43. The van der Waals surface area contributed by atoms with Crippen LogP contribution < -0.4 is 15.4 Å². The molecule has 0 radical (unpaired) electrons. The SMILES string of the molecule is O=C1CC[C@H](C(=O)NC2CCCOc3c2ccc(Cl)c3Cl)N1. The number of benzene rings is 1. The topological polar surface area (TPSA) is 67.4 Å². The fourth-order valence-corrected chi connectivity index (χ4v) is 3.19. The van der Waals surface area contributed by atoms with Gasteiger partial charge in [-0.15, -0.1) is 0 Å². The number of hydrogen-bond donors (Lipinski definition) is 2. The Kier molecular flexibility index (Phi) is 4.45. The molecule has 1 fully saturated rings. The fraction of sp³-hybridized carbons (Fsp3) is 0.467. The molecule has 2 amide bonds. The maximum absolute atomic E-state index is 12.3. The van der Waals surface area contributed by atoms with E-state index in [2.05, 4.69) is 10.6 Å². The van der Waals surface area contributed by atoms with E-state index >= 15 is 0 Å². The summed E-state index contributed by atoms with van der Waals surface area (Å²) in [4.78, 5) is 23.5. The predicted octanol–water partition coefficient (Wildman–Crippen LogP) is 2.60. The molecule has 118 valence electrons. The van der Waals surface area contributed by atoms with Gasteiger partial charge < -0.3 is 15.4 Å². The van der Waals surface area contributed by atoms with Crippen LogP contribution in [0, 0.1) is 0 Å². The van der Waals surface area contributed by atoms with E-state index in [1.165, 1.54) is 0 Å². The highest BCUT2D eigenvalue weighted by Gasteiger charge is 2.30. The number of nitrogens with one attached hydrogen (secondary N) is 2. The highest BCUT2D eigenvalue weighted by atomic mass is 35.5. The minimum absolute atomic E-state index is 0.0837. The van der Waals surface area contributed by atoms with Crippen LogP contribution in [0.5, 0.6) is 5.75 Å². The van der Waals surface area contributed by atoms with Crippen LogP contribution in [0.3, 0.4) is 0 Å². The Hall–Kier alpha value is -1.46. The minimum Gasteiger partial charge on any atom is -0.492 e. The van der Waals surface area contributed by atoms with Gasteiger partial charge in [0, 0.05) is 12.0 Å². The van der Waals surface area contributed by atoms with Crippen LogP contribution in [0.25, 0.3) is 0 Å². The van der Waals surface area contributed by atoms with Crippen LogP contribution in [0.4, 0.5) is 0 Å². The molecule has 2 atom stereocenters. The summed E-state index contributed by atoms with van der Waals surface area (Å²) in [5.74, 6) is 0.279. The van der Waals surface area contributed by atoms with Gasteiger partial charge >= 0.3 is 0 Å². The first-order valence-corrected chi connectivity index (χ1v) is 8.02. The summed E-state index contributed by atoms with van der Waals surface area (Å²) >= 11 is 12.2. The molecule has 0 aromatic heterocycles. The van der Waals surface area contributed by atoms with Gasteiger partial charge in [0.05, 0.1) is 17.7 Å². The van der Waals surface area contributed by atoms with Crippen LogP contribution in [0.1, 0.15) is 37.3 Å². The third kappa shape index (κ3) is 3.01. The highest BCUT2D eigenvalue weighted by molar-refractivity contribution is 6.43. The summed E-state index contributed by atoms with van der Waals surface area (Å²) in [6, 6.07) is 2.88. The largest absolute Gasteiger partial charge is 0.492 e. The smallest absolute Gasteiger partial charge is 0.243 e. The monoisotopic (exact) mass is 342 g/mol. The fourth-order valence-electron chi connectivity index (χ4n) is 2.82. The third-order valence-corrected chi connectivity index (χ3v) is 4.75. The van der Waals surface area contributed by atoms with Crippen molar-refractivity contribution in [2.45, 2.75) is 37.8 Å². The molecule has 0 spiro atoms. The van der Waals surface area contributed by atoms with E-state index in [9.17, 15) is 9.59 Å². The van der Waals surface area contributed by atoms with Crippen LogP contribution >= 0.6 is 23.2 Å². The molecule has 22 heavy (non-hydrogen) atoms. The van der Waals surface area contributed by atoms with Crippen molar-refractivity contribution in [2.24, 2.45) is 0 Å². The molecule has 2 heterocycles. The molecule has 3 rings (SSSR count). The summed E-state index contributed by atoms with van der Waals surface area (Å²) in [7, 11) is 0. The predicted molar refractivity (Wildman–Crippen MR) is 83.2 cm³/mol. The van der Waals surface area contributed by atoms with E-state index in [4.69, 9.17) is 27.9 Å². The lowest BCUT2D eigenvalue weighted by atomic mass is 10.0. The summed E-state index contributed by atoms with van der Waals surface area (Å²) < 4.78 is 5.68. The molecular weight excluding hydrogens is 327 g/mol. The minimum atomic E-state index is -0.456. The molecule has 1 unspecified atom stereocenters. The number of amides is 2. The average molecular weight is 343 g/mol. The molecule has 2 aliphatic rings. The Bertz CT molecular complexity index is 621. The molecule has 2 aliphatic heterocycles. The highest BCUT2D eigenvalue weighted by Crippen LogP contribution is 2.40. The van der Waals surface area contributed by atoms with Crippen molar-refractivity contribution >= 4 is 35.0 Å². The first-order valence-electron chi connectivity index (χ1n) is 7.26. The molecule has 2 N–H and O–H groups in total. The second kappa shape index (κ2) is 6.34. The molecule has 0 aliphatic carbocycles. The lowest BCUT2D eigenvalue weighted by molar-refractivity contribution is -0.126. The van der Waals surface area contributed by atoms with E-state index in [1.54, 1.807) is 6.07 Å². The Morgan fingerprint density at radius 2 is 2.14 bits per heavy atom. The number of ether oxygens (including phenoxy) is 1. The maximum Gasteiger partial charge on any atom is 0.243 e. The van der Waals surface area contributed by atoms with Crippen LogP contribution in [-0.4, -0.2) is 24.5 Å². The van der Waals surface area contributed by atoms with Crippen molar-refractivity contribution in [3.8, 4) is 5.75 Å². The quantitative estimate of drug-likeness (QED) is 0.867. The van der Waals surface area contributed by atoms with Crippen LogP contribution in [0.2, 0.25) is 10.0 Å². The van der Waals surface area contributed by atoms with Gasteiger partial charge in [-0.3, -0.25) is 9.59 Å². The third-order valence-electron chi connectivity index (χ3n) is 3.97. The van der Waals surface area contributed by atoms with Crippen molar-refractivity contribution in [3.63, 3.8) is 0 Å². The molecule has 0 bridgehead atoms. The Morgan fingerprint density at radius 3 is 2.86 bits per heavy atom.